The van der Waals surface area contributed by atoms with Crippen LogP contribution in [-0.4, -0.2) is 33.6 Å². The Kier molecular flexibility index (Phi) is 2.95. The van der Waals surface area contributed by atoms with Crippen LogP contribution in [0.2, 0.25) is 0 Å². The van der Waals surface area contributed by atoms with Crippen LogP contribution in [0, 0.1) is 0 Å². The van der Waals surface area contributed by atoms with Gasteiger partial charge in [-0.1, -0.05) is 25.1 Å². The predicted octanol–water partition coefficient (Wildman–Crippen LogP) is 2.51. The minimum absolute atomic E-state index is 0.871. The molecule has 4 heteroatoms. The fraction of sp³-hybridized carbons (Fsp3) is 0.333. The molecule has 0 aliphatic heterocycles. The van der Waals surface area contributed by atoms with Crippen molar-refractivity contribution in [2.45, 2.75) is 19.9 Å². The summed E-state index contributed by atoms with van der Waals surface area (Å²) in [6.45, 7) is 2.99. The molecule has 0 amide bonds. The molecule has 0 aliphatic carbocycles. The second kappa shape index (κ2) is 4.63. The molecule has 0 fully saturated rings. The molecule has 1 aromatic carbocycles. The zero-order valence-electron chi connectivity index (χ0n) is 11.6. The van der Waals surface area contributed by atoms with Crippen molar-refractivity contribution < 1.29 is 0 Å². The van der Waals surface area contributed by atoms with Gasteiger partial charge in [0.05, 0.1) is 5.52 Å². The first-order valence-electron chi connectivity index (χ1n) is 6.60. The summed E-state index contributed by atoms with van der Waals surface area (Å²) >= 11 is 0. The van der Waals surface area contributed by atoms with Crippen molar-refractivity contribution >= 4 is 16.6 Å². The third kappa shape index (κ3) is 1.98. The first-order valence-corrected chi connectivity index (χ1v) is 6.60. The fourth-order valence-electron chi connectivity index (χ4n) is 2.53. The Morgan fingerprint density at radius 2 is 1.95 bits per heavy atom. The Labute approximate surface area is 112 Å². The molecule has 3 aromatic rings. The van der Waals surface area contributed by atoms with E-state index in [9.17, 15) is 0 Å². The number of pyridine rings is 1. The monoisotopic (exact) mass is 254 g/mol. The molecule has 0 saturated heterocycles. The summed E-state index contributed by atoms with van der Waals surface area (Å²) in [5.41, 5.74) is 3.38. The van der Waals surface area contributed by atoms with Gasteiger partial charge in [-0.15, -0.1) is 10.2 Å². The maximum atomic E-state index is 4.38. The number of nitrogens with zero attached hydrogens (tertiary/aromatic N) is 4. The van der Waals surface area contributed by atoms with Crippen molar-refractivity contribution in [3.8, 4) is 0 Å². The van der Waals surface area contributed by atoms with E-state index >= 15 is 0 Å². The molecular weight excluding hydrogens is 236 g/mol. The van der Waals surface area contributed by atoms with Gasteiger partial charge in [-0.3, -0.25) is 4.40 Å². The maximum absolute atomic E-state index is 4.38. The highest BCUT2D eigenvalue weighted by molar-refractivity contribution is 5.83. The number of rotatable bonds is 3. The molecule has 0 N–H and O–H groups in total. The molecule has 0 aliphatic rings. The van der Waals surface area contributed by atoms with Crippen LogP contribution in [0.5, 0.6) is 0 Å². The van der Waals surface area contributed by atoms with E-state index in [1.807, 2.05) is 0 Å². The van der Waals surface area contributed by atoms with Gasteiger partial charge in [-0.05, 0) is 31.6 Å². The van der Waals surface area contributed by atoms with Crippen molar-refractivity contribution in [2.24, 2.45) is 0 Å². The largest absolute Gasteiger partial charge is 0.305 e. The van der Waals surface area contributed by atoms with Gasteiger partial charge in [0, 0.05) is 18.5 Å². The average Bonchev–Trinajstić information content (AvgIpc) is 2.82. The maximum Gasteiger partial charge on any atom is 0.165 e. The molecule has 2 heterocycles. The van der Waals surface area contributed by atoms with Gasteiger partial charge in [0.2, 0.25) is 0 Å². The molecular formula is C15H18N4. The van der Waals surface area contributed by atoms with Gasteiger partial charge in [0.1, 0.15) is 5.82 Å². The third-order valence-electron chi connectivity index (χ3n) is 3.33. The summed E-state index contributed by atoms with van der Waals surface area (Å²) in [7, 11) is 4.14. The van der Waals surface area contributed by atoms with Crippen LogP contribution >= 0.6 is 0 Å². The van der Waals surface area contributed by atoms with Crippen LogP contribution in [0.4, 0.5) is 0 Å². The van der Waals surface area contributed by atoms with Crippen LogP contribution < -0.4 is 0 Å². The standard InChI is InChI=1S/C15H18N4/c1-4-14-16-17-15-12(10-18(2)3)9-11-7-5-6-8-13(11)19(14)15/h5-9H,4,10H2,1-3H3. The van der Waals surface area contributed by atoms with E-state index in [1.165, 1.54) is 16.5 Å². The first-order chi connectivity index (χ1) is 9.20. The van der Waals surface area contributed by atoms with Gasteiger partial charge in [0.25, 0.3) is 0 Å². The zero-order chi connectivity index (χ0) is 13.4. The lowest BCUT2D eigenvalue weighted by Gasteiger charge is -2.12. The Morgan fingerprint density at radius 3 is 2.68 bits per heavy atom. The summed E-state index contributed by atoms with van der Waals surface area (Å²) in [6.07, 6.45) is 0.885. The van der Waals surface area contributed by atoms with E-state index in [0.717, 1.165) is 24.4 Å². The number of para-hydroxylation sites is 1. The Hall–Kier alpha value is -1.94. The average molecular weight is 254 g/mol. The lowest BCUT2D eigenvalue weighted by molar-refractivity contribution is 0.403. The van der Waals surface area contributed by atoms with Gasteiger partial charge < -0.3 is 4.90 Å². The van der Waals surface area contributed by atoms with Gasteiger partial charge in [-0.25, -0.2) is 0 Å². The fourth-order valence-corrected chi connectivity index (χ4v) is 2.53. The second-order valence-corrected chi connectivity index (χ2v) is 5.09. The van der Waals surface area contributed by atoms with Crippen molar-refractivity contribution in [1.29, 1.82) is 0 Å². The SMILES string of the molecule is CCc1nnc2c(CN(C)C)cc3ccccc3n12. The van der Waals surface area contributed by atoms with Gasteiger partial charge in [0.15, 0.2) is 5.65 Å². The van der Waals surface area contributed by atoms with Crippen LogP contribution in [0.1, 0.15) is 18.3 Å². The topological polar surface area (TPSA) is 33.4 Å². The lowest BCUT2D eigenvalue weighted by Crippen LogP contribution is -2.12. The quantitative estimate of drug-likeness (QED) is 0.720. The van der Waals surface area contributed by atoms with E-state index in [-0.39, 0.29) is 0 Å². The van der Waals surface area contributed by atoms with Crippen LogP contribution in [0.3, 0.4) is 0 Å². The molecule has 0 saturated carbocycles. The van der Waals surface area contributed by atoms with E-state index in [1.54, 1.807) is 0 Å². The Balaban J connectivity index is 2.39. The van der Waals surface area contributed by atoms with Crippen molar-refractivity contribution in [2.75, 3.05) is 14.1 Å². The van der Waals surface area contributed by atoms with E-state index in [2.05, 4.69) is 70.8 Å². The predicted molar refractivity (Wildman–Crippen MR) is 77.3 cm³/mol. The van der Waals surface area contributed by atoms with E-state index < -0.39 is 0 Å². The highest BCUT2D eigenvalue weighted by Gasteiger charge is 2.12. The molecule has 98 valence electrons. The van der Waals surface area contributed by atoms with Crippen molar-refractivity contribution in [1.82, 2.24) is 19.5 Å². The molecule has 3 rings (SSSR count). The highest BCUT2D eigenvalue weighted by atomic mass is 15.3. The Bertz CT molecular complexity index is 727. The summed E-state index contributed by atoms with van der Waals surface area (Å²) in [6, 6.07) is 10.6. The zero-order valence-corrected chi connectivity index (χ0v) is 11.6. The molecule has 0 bridgehead atoms. The molecule has 2 aromatic heterocycles. The molecule has 0 spiro atoms. The minimum Gasteiger partial charge on any atom is -0.305 e. The minimum atomic E-state index is 0.871. The molecule has 0 radical (unpaired) electrons. The number of fused-ring (bicyclic) bond motifs is 3. The van der Waals surface area contributed by atoms with Crippen molar-refractivity contribution in [3.05, 3.63) is 41.7 Å². The second-order valence-electron chi connectivity index (χ2n) is 5.09. The molecule has 0 atom stereocenters. The summed E-state index contributed by atoms with van der Waals surface area (Å²) in [5, 5.41) is 9.94. The van der Waals surface area contributed by atoms with Gasteiger partial charge in [-0.2, -0.15) is 0 Å². The van der Waals surface area contributed by atoms with E-state index in [4.69, 9.17) is 0 Å². The highest BCUT2D eigenvalue weighted by Crippen LogP contribution is 2.22. The smallest absolute Gasteiger partial charge is 0.165 e. The lowest BCUT2D eigenvalue weighted by atomic mass is 10.1. The number of benzene rings is 1. The van der Waals surface area contributed by atoms with Crippen LogP contribution in [-0.2, 0) is 13.0 Å². The number of aryl methyl sites for hydroxylation is 1. The van der Waals surface area contributed by atoms with Crippen molar-refractivity contribution in [3.63, 3.8) is 0 Å². The number of hydrogen-bond acceptors (Lipinski definition) is 3. The third-order valence-corrected chi connectivity index (χ3v) is 3.33. The molecule has 0 unspecified atom stereocenters. The molecule has 19 heavy (non-hydrogen) atoms. The van der Waals surface area contributed by atoms with Crippen LogP contribution in [0.25, 0.3) is 16.6 Å². The summed E-state index contributed by atoms with van der Waals surface area (Å²) in [5.74, 6) is 1.02. The Morgan fingerprint density at radius 1 is 1.16 bits per heavy atom. The number of aromatic nitrogens is 3. The molecule has 4 nitrogen and oxygen atoms in total. The van der Waals surface area contributed by atoms with E-state index in [0.29, 0.717) is 0 Å². The van der Waals surface area contributed by atoms with Gasteiger partial charge >= 0.3 is 0 Å². The summed E-state index contributed by atoms with van der Waals surface area (Å²) in [4.78, 5) is 2.16. The van der Waals surface area contributed by atoms with Crippen LogP contribution in [0.15, 0.2) is 30.3 Å². The number of hydrogen-bond donors (Lipinski definition) is 0. The summed E-state index contributed by atoms with van der Waals surface area (Å²) < 4.78 is 2.19. The normalized spacial score (nSPS) is 11.8. The first kappa shape index (κ1) is 12.1.